The number of amides is 1. The minimum atomic E-state index is -0.352. The van der Waals surface area contributed by atoms with Crippen LogP contribution in [0.25, 0.3) is 11.4 Å². The van der Waals surface area contributed by atoms with Crippen LogP contribution in [-0.2, 0) is 4.79 Å². The second-order valence-electron chi connectivity index (χ2n) is 4.94. The number of methoxy groups -OCH3 is 1. The van der Waals surface area contributed by atoms with Crippen LogP contribution < -0.4 is 14.8 Å². The van der Waals surface area contributed by atoms with Gasteiger partial charge in [-0.3, -0.25) is 4.79 Å². The molecule has 0 atom stereocenters. The van der Waals surface area contributed by atoms with E-state index in [9.17, 15) is 4.79 Å². The Bertz CT molecular complexity index is 870. The summed E-state index contributed by atoms with van der Waals surface area (Å²) in [6.07, 6.45) is 0. The summed E-state index contributed by atoms with van der Waals surface area (Å²) in [6.45, 7) is -0.175. The number of rotatable bonds is 6. The Hall–Kier alpha value is -3.13. The average molecular weight is 360 g/mol. The second kappa shape index (κ2) is 7.63. The highest BCUT2D eigenvalue weighted by atomic mass is 35.5. The summed E-state index contributed by atoms with van der Waals surface area (Å²) in [5, 5.41) is 16.9. The highest BCUT2D eigenvalue weighted by Gasteiger charge is 2.13. The molecule has 0 fully saturated rings. The van der Waals surface area contributed by atoms with Gasteiger partial charge in [0.15, 0.2) is 6.61 Å². The Morgan fingerprint density at radius 3 is 2.84 bits per heavy atom. The van der Waals surface area contributed by atoms with E-state index in [4.69, 9.17) is 21.1 Å². The predicted octanol–water partition coefficient (Wildman–Crippen LogP) is 2.55. The van der Waals surface area contributed by atoms with E-state index in [1.54, 1.807) is 49.6 Å². The van der Waals surface area contributed by atoms with Crippen molar-refractivity contribution in [2.75, 3.05) is 19.0 Å². The van der Waals surface area contributed by atoms with E-state index >= 15 is 0 Å². The summed E-state index contributed by atoms with van der Waals surface area (Å²) in [5.41, 5.74) is 1.06. The molecule has 2 N–H and O–H groups in total. The van der Waals surface area contributed by atoms with Crippen molar-refractivity contribution in [1.29, 1.82) is 0 Å². The van der Waals surface area contributed by atoms with E-state index < -0.39 is 0 Å². The van der Waals surface area contributed by atoms with Crippen LogP contribution in [0.1, 0.15) is 0 Å². The summed E-state index contributed by atoms with van der Waals surface area (Å²) in [5.74, 6) is 1.17. The molecule has 0 saturated heterocycles. The van der Waals surface area contributed by atoms with Crippen LogP contribution in [0.5, 0.6) is 11.5 Å². The lowest BCUT2D eigenvalue weighted by Crippen LogP contribution is -2.20. The van der Waals surface area contributed by atoms with Gasteiger partial charge in [-0.1, -0.05) is 17.7 Å². The molecule has 1 heterocycles. The lowest BCUT2D eigenvalue weighted by Gasteiger charge is -2.11. The number of aromatic amines is 1. The normalized spacial score (nSPS) is 10.3. The summed E-state index contributed by atoms with van der Waals surface area (Å²) in [4.78, 5) is 12.2. The molecule has 8 nitrogen and oxygen atoms in total. The maximum atomic E-state index is 12.2. The zero-order valence-electron chi connectivity index (χ0n) is 13.2. The minimum absolute atomic E-state index is 0.175. The molecule has 0 saturated carbocycles. The summed E-state index contributed by atoms with van der Waals surface area (Å²) >= 11 is 6.01. The summed E-state index contributed by atoms with van der Waals surface area (Å²) in [6, 6.07) is 12.0. The van der Waals surface area contributed by atoms with E-state index in [2.05, 4.69) is 25.9 Å². The number of hydrogen-bond acceptors (Lipinski definition) is 6. The third kappa shape index (κ3) is 4.24. The zero-order valence-corrected chi connectivity index (χ0v) is 13.9. The van der Waals surface area contributed by atoms with Crippen molar-refractivity contribution >= 4 is 23.2 Å². The fraction of sp³-hybridized carbons (Fsp3) is 0.125. The molecule has 1 aromatic heterocycles. The molecule has 9 heteroatoms. The fourth-order valence-electron chi connectivity index (χ4n) is 2.12. The van der Waals surface area contributed by atoms with E-state index in [0.717, 1.165) is 0 Å². The van der Waals surface area contributed by atoms with Crippen molar-refractivity contribution in [2.24, 2.45) is 0 Å². The Morgan fingerprint density at radius 2 is 2.08 bits per heavy atom. The van der Waals surface area contributed by atoms with Gasteiger partial charge in [-0.2, -0.15) is 5.21 Å². The molecule has 3 aromatic rings. The van der Waals surface area contributed by atoms with E-state index in [0.29, 0.717) is 33.6 Å². The number of ether oxygens (including phenoxy) is 2. The van der Waals surface area contributed by atoms with Crippen molar-refractivity contribution in [2.45, 2.75) is 0 Å². The molecule has 1 amide bonds. The first-order valence-corrected chi connectivity index (χ1v) is 7.63. The number of carbonyl (C=O) groups excluding carboxylic acids is 1. The third-order valence-corrected chi connectivity index (χ3v) is 3.49. The Labute approximate surface area is 148 Å². The van der Waals surface area contributed by atoms with Crippen LogP contribution in [0.4, 0.5) is 5.69 Å². The van der Waals surface area contributed by atoms with Crippen LogP contribution >= 0.6 is 11.6 Å². The Balaban J connectivity index is 1.69. The molecule has 0 aliphatic heterocycles. The molecule has 0 aliphatic rings. The molecule has 0 aliphatic carbocycles. The molecule has 25 heavy (non-hydrogen) atoms. The number of benzene rings is 2. The monoisotopic (exact) mass is 359 g/mol. The topological polar surface area (TPSA) is 102 Å². The second-order valence-corrected chi connectivity index (χ2v) is 5.38. The van der Waals surface area contributed by atoms with Gasteiger partial charge in [-0.05, 0) is 35.5 Å². The molecular weight excluding hydrogens is 346 g/mol. The van der Waals surface area contributed by atoms with Gasteiger partial charge < -0.3 is 14.8 Å². The van der Waals surface area contributed by atoms with Gasteiger partial charge in [0.2, 0.25) is 5.82 Å². The SMILES string of the molecule is COc1cccc(OCC(=O)Nc2cc(Cl)ccc2-c2nn[nH]n2)c1. The lowest BCUT2D eigenvalue weighted by atomic mass is 10.1. The van der Waals surface area contributed by atoms with Crippen LogP contribution in [0.3, 0.4) is 0 Å². The smallest absolute Gasteiger partial charge is 0.262 e. The predicted molar refractivity (Wildman–Crippen MR) is 91.7 cm³/mol. The standard InChI is InChI=1S/C16H14ClN5O3/c1-24-11-3-2-4-12(8-11)25-9-15(23)18-14-7-10(17)5-6-13(14)16-19-21-22-20-16/h2-8H,9H2,1H3,(H,18,23)(H,19,20,21,22). The van der Waals surface area contributed by atoms with Crippen molar-refractivity contribution in [3.63, 3.8) is 0 Å². The molecular formula is C16H14ClN5O3. The Morgan fingerprint density at radius 1 is 1.24 bits per heavy atom. The van der Waals surface area contributed by atoms with Gasteiger partial charge in [-0.15, -0.1) is 10.2 Å². The number of carbonyl (C=O) groups is 1. The number of nitrogens with zero attached hydrogens (tertiary/aromatic N) is 3. The lowest BCUT2D eigenvalue weighted by molar-refractivity contribution is -0.118. The van der Waals surface area contributed by atoms with Gasteiger partial charge in [0.25, 0.3) is 5.91 Å². The maximum absolute atomic E-state index is 12.2. The summed E-state index contributed by atoms with van der Waals surface area (Å²) < 4.78 is 10.6. The van der Waals surface area contributed by atoms with Crippen LogP contribution in [0.15, 0.2) is 42.5 Å². The largest absolute Gasteiger partial charge is 0.497 e. The molecule has 3 rings (SSSR count). The quantitative estimate of drug-likeness (QED) is 0.701. The number of halogens is 1. The average Bonchev–Trinajstić information content (AvgIpc) is 3.15. The first-order valence-electron chi connectivity index (χ1n) is 7.26. The van der Waals surface area contributed by atoms with Crippen molar-refractivity contribution in [3.8, 4) is 22.9 Å². The van der Waals surface area contributed by atoms with Crippen molar-refractivity contribution in [1.82, 2.24) is 20.6 Å². The van der Waals surface area contributed by atoms with Crippen molar-refractivity contribution in [3.05, 3.63) is 47.5 Å². The van der Waals surface area contributed by atoms with Crippen molar-refractivity contribution < 1.29 is 14.3 Å². The molecule has 0 spiro atoms. The van der Waals surface area contributed by atoms with Crippen LogP contribution in [-0.4, -0.2) is 40.2 Å². The molecule has 0 radical (unpaired) electrons. The molecule has 0 bridgehead atoms. The number of nitrogens with one attached hydrogen (secondary N) is 2. The zero-order chi connectivity index (χ0) is 17.6. The number of aromatic nitrogens is 4. The van der Waals surface area contributed by atoms with Gasteiger partial charge in [0.05, 0.1) is 12.8 Å². The first-order chi connectivity index (χ1) is 12.2. The van der Waals surface area contributed by atoms with Gasteiger partial charge in [0, 0.05) is 16.7 Å². The Kier molecular flexibility index (Phi) is 5.10. The van der Waals surface area contributed by atoms with Crippen LogP contribution in [0, 0.1) is 0 Å². The number of anilines is 1. The first kappa shape index (κ1) is 16.7. The van der Waals surface area contributed by atoms with Gasteiger partial charge >= 0.3 is 0 Å². The molecule has 0 unspecified atom stereocenters. The van der Waals surface area contributed by atoms with E-state index in [-0.39, 0.29) is 12.5 Å². The summed E-state index contributed by atoms with van der Waals surface area (Å²) in [7, 11) is 1.56. The van der Waals surface area contributed by atoms with E-state index in [1.165, 1.54) is 0 Å². The third-order valence-electron chi connectivity index (χ3n) is 3.25. The number of hydrogen-bond donors (Lipinski definition) is 2. The minimum Gasteiger partial charge on any atom is -0.497 e. The fourth-order valence-corrected chi connectivity index (χ4v) is 2.29. The number of H-pyrrole nitrogens is 1. The van der Waals surface area contributed by atoms with Gasteiger partial charge in [-0.25, -0.2) is 0 Å². The molecule has 128 valence electrons. The van der Waals surface area contributed by atoms with Gasteiger partial charge in [0.1, 0.15) is 11.5 Å². The van der Waals surface area contributed by atoms with Crippen LogP contribution in [0.2, 0.25) is 5.02 Å². The maximum Gasteiger partial charge on any atom is 0.262 e. The highest BCUT2D eigenvalue weighted by molar-refractivity contribution is 6.31. The highest BCUT2D eigenvalue weighted by Crippen LogP contribution is 2.28. The molecule has 2 aromatic carbocycles. The van der Waals surface area contributed by atoms with E-state index in [1.807, 2.05) is 0 Å². The number of tetrazole rings is 1.